The molecule has 0 aliphatic carbocycles. The fraction of sp³-hybridized carbons (Fsp3) is 0.548. The van der Waals surface area contributed by atoms with Crippen molar-refractivity contribution in [3.05, 3.63) is 65.0 Å². The first-order valence-corrected chi connectivity index (χ1v) is 14.6. The number of hydrogen-bond donors (Lipinski definition) is 2. The third kappa shape index (κ3) is 8.54. The number of carboxylic acid groups (broad SMARTS) is 1. The lowest BCUT2D eigenvalue weighted by atomic mass is 9.97. The van der Waals surface area contributed by atoms with E-state index in [1.165, 1.54) is 0 Å². The highest BCUT2D eigenvalue weighted by molar-refractivity contribution is 5.96. The Morgan fingerprint density at radius 3 is 2.19 bits per heavy atom. The highest BCUT2D eigenvalue weighted by Gasteiger charge is 2.42. The normalized spacial score (nSPS) is 21.5. The van der Waals surface area contributed by atoms with Gasteiger partial charge in [-0.1, -0.05) is 30.3 Å². The molecule has 3 atom stereocenters. The summed E-state index contributed by atoms with van der Waals surface area (Å²) in [4.78, 5) is 44.0. The summed E-state index contributed by atoms with van der Waals surface area (Å²) in [7, 11) is 0. The average Bonchev–Trinajstić information content (AvgIpc) is 3.55. The molecule has 2 aromatic rings. The molecular weight excluding hydrogens is 565 g/mol. The summed E-state index contributed by atoms with van der Waals surface area (Å²) in [6, 6.07) is 12.3. The number of aliphatic carboxylic acids is 1. The Bertz CT molecular complexity index is 1240. The van der Waals surface area contributed by atoms with Gasteiger partial charge in [0.1, 0.15) is 0 Å². The number of alkyl halides is 3. The van der Waals surface area contributed by atoms with Crippen LogP contribution in [0.15, 0.2) is 42.6 Å². The summed E-state index contributed by atoms with van der Waals surface area (Å²) in [5, 5.41) is 10.5. The van der Waals surface area contributed by atoms with Gasteiger partial charge in [0.15, 0.2) is 0 Å². The minimum atomic E-state index is -5.08. The molecule has 0 bridgehead atoms. The van der Waals surface area contributed by atoms with E-state index >= 15 is 0 Å². The van der Waals surface area contributed by atoms with Gasteiger partial charge in [-0.15, -0.1) is 0 Å². The zero-order valence-electron chi connectivity index (χ0n) is 24.5. The van der Waals surface area contributed by atoms with Crippen molar-refractivity contribution < 1.29 is 37.4 Å². The molecule has 4 heterocycles. The number of nitrogens with zero attached hydrogens (tertiary/aromatic N) is 3. The van der Waals surface area contributed by atoms with Crippen LogP contribution in [0.1, 0.15) is 52.5 Å². The van der Waals surface area contributed by atoms with Crippen LogP contribution in [0.5, 0.6) is 0 Å². The quantitative estimate of drug-likeness (QED) is 0.491. The van der Waals surface area contributed by atoms with Crippen LogP contribution < -0.4 is 5.32 Å². The number of amides is 2. The van der Waals surface area contributed by atoms with E-state index < -0.39 is 12.1 Å². The summed E-state index contributed by atoms with van der Waals surface area (Å²) in [5.41, 5.74) is 3.74. The van der Waals surface area contributed by atoms with Gasteiger partial charge in [0.05, 0.1) is 17.3 Å². The number of hydrogen-bond acceptors (Lipinski definition) is 6. The molecule has 234 valence electrons. The van der Waals surface area contributed by atoms with Crippen LogP contribution in [0.2, 0.25) is 0 Å². The fourth-order valence-electron chi connectivity index (χ4n) is 6.18. The van der Waals surface area contributed by atoms with E-state index in [4.69, 9.17) is 14.6 Å². The molecule has 0 spiro atoms. The molecule has 2 N–H and O–H groups in total. The number of carboxylic acids is 1. The Labute approximate surface area is 249 Å². The second-order valence-electron chi connectivity index (χ2n) is 11.5. The Balaban J connectivity index is 0.000000541. The first-order valence-electron chi connectivity index (χ1n) is 14.6. The maximum absolute atomic E-state index is 13.2. The SMILES string of the molecule is Cc1ccnc(C)c1C(=O)N1CC2CN(CC[C@H](NC(=O)C3CCOCC3)c3ccccc3)CC2C1.O=C(O)C(F)(F)F. The van der Waals surface area contributed by atoms with Gasteiger partial charge >= 0.3 is 12.1 Å². The lowest BCUT2D eigenvalue weighted by Gasteiger charge is -2.27. The monoisotopic (exact) mass is 604 g/mol. The van der Waals surface area contributed by atoms with Gasteiger partial charge in [0.2, 0.25) is 5.91 Å². The Hall–Kier alpha value is -3.51. The standard InChI is InChI=1S/C29H38N4O3.C2HF3O2/c1-20-8-12-30-21(2)27(20)29(35)33-18-24-16-32(17-25(24)19-33)13-9-26(22-6-4-3-5-7-22)31-28(34)23-10-14-36-15-11-23;3-2(4,5)1(6)7/h3-8,12,23-26H,9-11,13-19H2,1-2H3,(H,31,34);(H,6,7)/t24?,25?,26-;/m0./s1. The summed E-state index contributed by atoms with van der Waals surface area (Å²) in [5.74, 6) is -1.41. The van der Waals surface area contributed by atoms with E-state index in [0.29, 0.717) is 25.0 Å². The van der Waals surface area contributed by atoms with Crippen LogP contribution in [0.4, 0.5) is 13.2 Å². The summed E-state index contributed by atoms with van der Waals surface area (Å²) in [6.07, 6.45) is -0.825. The number of pyridine rings is 1. The van der Waals surface area contributed by atoms with Crippen LogP contribution in [-0.4, -0.2) is 89.8 Å². The molecule has 12 heteroatoms. The number of carbonyl (C=O) groups is 3. The predicted molar refractivity (Wildman–Crippen MR) is 152 cm³/mol. The lowest BCUT2D eigenvalue weighted by Crippen LogP contribution is -2.38. The number of carbonyl (C=O) groups excluding carboxylic acids is 2. The van der Waals surface area contributed by atoms with Crippen molar-refractivity contribution in [2.24, 2.45) is 17.8 Å². The molecule has 2 amide bonds. The van der Waals surface area contributed by atoms with Crippen molar-refractivity contribution in [2.45, 2.75) is 45.3 Å². The van der Waals surface area contributed by atoms with Gasteiger partial charge in [-0.25, -0.2) is 4.79 Å². The number of fused-ring (bicyclic) bond motifs is 1. The number of rotatable bonds is 7. The third-order valence-corrected chi connectivity index (χ3v) is 8.50. The van der Waals surface area contributed by atoms with Crippen molar-refractivity contribution in [1.29, 1.82) is 0 Å². The van der Waals surface area contributed by atoms with Gasteiger partial charge in [0.25, 0.3) is 5.91 Å². The van der Waals surface area contributed by atoms with E-state index in [2.05, 4.69) is 27.3 Å². The Kier molecular flexibility index (Phi) is 10.8. The van der Waals surface area contributed by atoms with Crippen LogP contribution in [0.3, 0.4) is 0 Å². The summed E-state index contributed by atoms with van der Waals surface area (Å²) in [6.45, 7) is 9.84. The predicted octanol–water partition coefficient (Wildman–Crippen LogP) is 4.01. The Morgan fingerprint density at radius 2 is 1.63 bits per heavy atom. The molecule has 1 aromatic carbocycles. The maximum atomic E-state index is 13.2. The molecule has 43 heavy (non-hydrogen) atoms. The fourth-order valence-corrected chi connectivity index (χ4v) is 6.18. The molecule has 9 nitrogen and oxygen atoms in total. The molecular formula is C31H39F3N4O5. The van der Waals surface area contributed by atoms with Crippen molar-refractivity contribution >= 4 is 17.8 Å². The highest BCUT2D eigenvalue weighted by atomic mass is 19.4. The molecule has 3 fully saturated rings. The smallest absolute Gasteiger partial charge is 0.475 e. The second-order valence-corrected chi connectivity index (χ2v) is 11.5. The number of benzene rings is 1. The molecule has 1 aromatic heterocycles. The van der Waals surface area contributed by atoms with Gasteiger partial charge in [-0.2, -0.15) is 13.2 Å². The largest absolute Gasteiger partial charge is 0.490 e. The van der Waals surface area contributed by atoms with E-state index in [1.807, 2.05) is 43.0 Å². The first-order chi connectivity index (χ1) is 20.4. The van der Waals surface area contributed by atoms with Crippen LogP contribution >= 0.6 is 0 Å². The van der Waals surface area contributed by atoms with E-state index in [1.54, 1.807) is 6.20 Å². The molecule has 3 saturated heterocycles. The number of nitrogens with one attached hydrogen (secondary N) is 1. The molecule has 0 saturated carbocycles. The van der Waals surface area contributed by atoms with Gasteiger partial charge in [0, 0.05) is 58.1 Å². The minimum absolute atomic E-state index is 0.0107. The van der Waals surface area contributed by atoms with Crippen LogP contribution in [-0.2, 0) is 14.3 Å². The molecule has 0 radical (unpaired) electrons. The van der Waals surface area contributed by atoms with Gasteiger partial charge in [-0.05, 0) is 62.1 Å². The zero-order chi connectivity index (χ0) is 31.1. The van der Waals surface area contributed by atoms with Gasteiger partial charge < -0.3 is 25.0 Å². The summed E-state index contributed by atoms with van der Waals surface area (Å²) >= 11 is 0. The maximum Gasteiger partial charge on any atom is 0.490 e. The number of halogens is 3. The zero-order valence-corrected chi connectivity index (χ0v) is 24.5. The summed E-state index contributed by atoms with van der Waals surface area (Å²) < 4.78 is 37.2. The van der Waals surface area contributed by atoms with Gasteiger partial charge in [-0.3, -0.25) is 14.6 Å². The van der Waals surface area contributed by atoms with E-state index in [-0.39, 0.29) is 23.8 Å². The van der Waals surface area contributed by atoms with E-state index in [9.17, 15) is 22.8 Å². The lowest BCUT2D eigenvalue weighted by molar-refractivity contribution is -0.192. The highest BCUT2D eigenvalue weighted by Crippen LogP contribution is 2.33. The molecule has 3 aliphatic rings. The van der Waals surface area contributed by atoms with Crippen molar-refractivity contribution in [3.8, 4) is 0 Å². The average molecular weight is 605 g/mol. The van der Waals surface area contributed by atoms with Crippen molar-refractivity contribution in [1.82, 2.24) is 20.1 Å². The van der Waals surface area contributed by atoms with Crippen LogP contribution in [0.25, 0.3) is 0 Å². The van der Waals surface area contributed by atoms with Crippen LogP contribution in [0, 0.1) is 31.6 Å². The van der Waals surface area contributed by atoms with E-state index in [0.717, 1.165) is 74.4 Å². The molecule has 2 unspecified atom stereocenters. The number of ether oxygens (including phenoxy) is 1. The number of aryl methyl sites for hydroxylation is 2. The third-order valence-electron chi connectivity index (χ3n) is 8.50. The molecule has 5 rings (SSSR count). The minimum Gasteiger partial charge on any atom is -0.475 e. The Morgan fingerprint density at radius 1 is 1.02 bits per heavy atom. The topological polar surface area (TPSA) is 112 Å². The van der Waals surface area contributed by atoms with Crippen molar-refractivity contribution in [2.75, 3.05) is 45.9 Å². The van der Waals surface area contributed by atoms with Crippen molar-refractivity contribution in [3.63, 3.8) is 0 Å². The second kappa shape index (κ2) is 14.3. The first kappa shape index (κ1) is 32.4. The number of aromatic nitrogens is 1. The molecule has 3 aliphatic heterocycles. The number of likely N-dealkylation sites (tertiary alicyclic amines) is 2.